The van der Waals surface area contributed by atoms with Gasteiger partial charge < -0.3 is 9.84 Å². The molecule has 6 nitrogen and oxygen atoms in total. The third-order valence-corrected chi connectivity index (χ3v) is 5.05. The first-order valence-electron chi connectivity index (χ1n) is 10.3. The zero-order chi connectivity index (χ0) is 22.8. The third-order valence-electron chi connectivity index (χ3n) is 5.05. The van der Waals surface area contributed by atoms with E-state index in [4.69, 9.17) is 4.74 Å². The monoisotopic (exact) mass is 421 g/mol. The number of aliphatic hydroxyl groups is 1. The summed E-state index contributed by atoms with van der Waals surface area (Å²) in [5.41, 5.74) is 0.640. The molecule has 0 saturated heterocycles. The van der Waals surface area contributed by atoms with Crippen LogP contribution < -0.4 is 4.90 Å². The zero-order valence-electron chi connectivity index (χ0n) is 18.2. The smallest absolute Gasteiger partial charge is 0.338 e. The molecule has 1 amide bonds. The molecule has 1 unspecified atom stereocenters. The van der Waals surface area contributed by atoms with E-state index in [1.165, 1.54) is 4.90 Å². The van der Waals surface area contributed by atoms with E-state index < -0.39 is 29.1 Å². The summed E-state index contributed by atoms with van der Waals surface area (Å²) < 4.78 is 5.20. The molecule has 1 aliphatic rings. The number of ether oxygens (including phenoxy) is 1. The second-order valence-electron chi connectivity index (χ2n) is 8.52. The van der Waals surface area contributed by atoms with Crippen molar-refractivity contribution in [3.63, 3.8) is 0 Å². The molecule has 31 heavy (non-hydrogen) atoms. The van der Waals surface area contributed by atoms with Crippen LogP contribution in [0, 0.1) is 5.41 Å². The Balaban J connectivity index is 2.11. The maximum absolute atomic E-state index is 13.2. The average Bonchev–Trinajstić information content (AvgIpc) is 3.02. The summed E-state index contributed by atoms with van der Waals surface area (Å²) in [6.45, 7) is 7.43. The Labute approximate surface area is 182 Å². The van der Waals surface area contributed by atoms with Crippen molar-refractivity contribution < 1.29 is 24.2 Å². The molecule has 0 radical (unpaired) electrons. The Morgan fingerprint density at radius 2 is 1.74 bits per heavy atom. The molecule has 1 heterocycles. The van der Waals surface area contributed by atoms with Crippen LogP contribution in [0.2, 0.25) is 0 Å². The molecular weight excluding hydrogens is 394 g/mol. The lowest BCUT2D eigenvalue weighted by Gasteiger charge is -2.29. The van der Waals surface area contributed by atoms with Crippen molar-refractivity contribution in [2.24, 2.45) is 5.41 Å². The van der Waals surface area contributed by atoms with E-state index in [1.54, 1.807) is 57.2 Å². The number of amides is 1. The number of esters is 1. The highest BCUT2D eigenvalue weighted by Gasteiger charge is 2.46. The second kappa shape index (κ2) is 8.76. The number of benzene rings is 2. The van der Waals surface area contributed by atoms with Crippen molar-refractivity contribution in [3.05, 3.63) is 77.1 Å². The van der Waals surface area contributed by atoms with Crippen molar-refractivity contribution in [1.29, 1.82) is 0 Å². The van der Waals surface area contributed by atoms with Gasteiger partial charge in [-0.25, -0.2) is 4.79 Å². The van der Waals surface area contributed by atoms with E-state index in [0.29, 0.717) is 29.8 Å². The number of anilines is 1. The molecule has 2 aromatic carbocycles. The molecule has 0 bridgehead atoms. The minimum Gasteiger partial charge on any atom is -0.503 e. The molecule has 2 aromatic rings. The van der Waals surface area contributed by atoms with Crippen LogP contribution in [0.5, 0.6) is 0 Å². The van der Waals surface area contributed by atoms with Crippen LogP contribution in [0.3, 0.4) is 0 Å². The van der Waals surface area contributed by atoms with Gasteiger partial charge in [0.05, 0.1) is 23.8 Å². The van der Waals surface area contributed by atoms with E-state index in [1.807, 2.05) is 25.1 Å². The maximum atomic E-state index is 13.2. The number of nitrogens with zero attached hydrogens (tertiary/aromatic N) is 1. The lowest BCUT2D eigenvalue weighted by atomic mass is 9.82. The molecule has 1 N–H and O–H groups in total. The van der Waals surface area contributed by atoms with Crippen LogP contribution in [0.25, 0.3) is 0 Å². The van der Waals surface area contributed by atoms with Gasteiger partial charge in [0.1, 0.15) is 0 Å². The summed E-state index contributed by atoms with van der Waals surface area (Å²) in [5.74, 6) is -2.05. The van der Waals surface area contributed by atoms with Crippen LogP contribution >= 0.6 is 0 Å². The number of hydrogen-bond acceptors (Lipinski definition) is 5. The van der Waals surface area contributed by atoms with Gasteiger partial charge in [-0.1, -0.05) is 64.1 Å². The Kier molecular flexibility index (Phi) is 6.29. The van der Waals surface area contributed by atoms with Gasteiger partial charge in [0.2, 0.25) is 0 Å². The van der Waals surface area contributed by atoms with Gasteiger partial charge in [-0.15, -0.1) is 0 Å². The predicted octanol–water partition coefficient (Wildman–Crippen LogP) is 4.77. The predicted molar refractivity (Wildman–Crippen MR) is 118 cm³/mol. The molecule has 3 rings (SSSR count). The van der Waals surface area contributed by atoms with Gasteiger partial charge >= 0.3 is 5.97 Å². The van der Waals surface area contributed by atoms with Crippen molar-refractivity contribution in [3.8, 4) is 0 Å². The molecule has 1 atom stereocenters. The molecule has 6 heteroatoms. The van der Waals surface area contributed by atoms with Gasteiger partial charge in [-0.2, -0.15) is 0 Å². The van der Waals surface area contributed by atoms with Crippen molar-refractivity contribution in [2.75, 3.05) is 11.5 Å². The number of ketones is 1. The Morgan fingerprint density at radius 3 is 2.35 bits per heavy atom. The van der Waals surface area contributed by atoms with Crippen LogP contribution in [-0.2, 0) is 14.3 Å². The largest absolute Gasteiger partial charge is 0.503 e. The van der Waals surface area contributed by atoms with E-state index in [9.17, 15) is 19.5 Å². The molecule has 0 spiro atoms. The molecular formula is C25H27NO5. The SMILES string of the molecule is CCCOC(=O)c1cccc(N2C(=O)C(O)=C(C(=O)C(C)(C)C)C2c2ccccc2)c1. The quantitative estimate of drug-likeness (QED) is 0.680. The summed E-state index contributed by atoms with van der Waals surface area (Å²) in [6.07, 6.45) is 0.697. The van der Waals surface area contributed by atoms with Crippen molar-refractivity contribution in [1.82, 2.24) is 0 Å². The minimum atomic E-state index is -0.803. The van der Waals surface area contributed by atoms with E-state index in [2.05, 4.69) is 0 Å². The summed E-state index contributed by atoms with van der Waals surface area (Å²) >= 11 is 0. The fourth-order valence-electron chi connectivity index (χ4n) is 3.52. The van der Waals surface area contributed by atoms with Crippen LogP contribution in [0.15, 0.2) is 65.9 Å². The molecule has 0 saturated carbocycles. The molecule has 0 aliphatic carbocycles. The van der Waals surface area contributed by atoms with E-state index in [-0.39, 0.29) is 11.4 Å². The van der Waals surface area contributed by atoms with Crippen molar-refractivity contribution >= 4 is 23.3 Å². The molecule has 1 aliphatic heterocycles. The number of aliphatic hydroxyl groups excluding tert-OH is 1. The zero-order valence-corrected chi connectivity index (χ0v) is 18.2. The van der Waals surface area contributed by atoms with E-state index in [0.717, 1.165) is 0 Å². The minimum absolute atomic E-state index is 0.0580. The fourth-order valence-corrected chi connectivity index (χ4v) is 3.52. The highest BCUT2D eigenvalue weighted by atomic mass is 16.5. The van der Waals surface area contributed by atoms with Gasteiger partial charge in [0, 0.05) is 11.1 Å². The Hall–Kier alpha value is -3.41. The van der Waals surface area contributed by atoms with Gasteiger partial charge in [-0.05, 0) is 30.2 Å². The summed E-state index contributed by atoms with van der Waals surface area (Å²) in [4.78, 5) is 40.0. The topological polar surface area (TPSA) is 83.9 Å². The molecule has 0 fully saturated rings. The Morgan fingerprint density at radius 1 is 1.06 bits per heavy atom. The normalized spacial score (nSPS) is 16.6. The standard InChI is InChI=1S/C25H27NO5/c1-5-14-31-24(30)17-12-9-13-18(15-17)26-20(16-10-7-6-8-11-16)19(21(27)23(26)29)22(28)25(2,3)4/h6-13,15,20,27H,5,14H2,1-4H3. The Bertz CT molecular complexity index is 1030. The fraction of sp³-hybridized carbons (Fsp3) is 0.320. The highest BCUT2D eigenvalue weighted by molar-refractivity contribution is 6.17. The van der Waals surface area contributed by atoms with E-state index >= 15 is 0 Å². The molecule has 0 aromatic heterocycles. The summed E-state index contributed by atoms with van der Waals surface area (Å²) in [5, 5.41) is 10.7. The van der Waals surface area contributed by atoms with Gasteiger partial charge in [-0.3, -0.25) is 14.5 Å². The average molecular weight is 421 g/mol. The van der Waals surface area contributed by atoms with Crippen LogP contribution in [0.4, 0.5) is 5.69 Å². The first kappa shape index (κ1) is 22.3. The third kappa shape index (κ3) is 4.38. The highest BCUT2D eigenvalue weighted by Crippen LogP contribution is 2.43. The lowest BCUT2D eigenvalue weighted by Crippen LogP contribution is -2.33. The first-order valence-corrected chi connectivity index (χ1v) is 10.3. The maximum Gasteiger partial charge on any atom is 0.338 e. The van der Waals surface area contributed by atoms with Crippen LogP contribution in [0.1, 0.15) is 56.1 Å². The number of carbonyl (C=O) groups is 3. The van der Waals surface area contributed by atoms with Gasteiger partial charge in [0.15, 0.2) is 11.5 Å². The number of Topliss-reactive ketones (excluding diaryl/α,β-unsaturated/α-hetero) is 1. The number of carbonyl (C=O) groups excluding carboxylic acids is 3. The summed E-state index contributed by atoms with van der Waals surface area (Å²) in [6, 6.07) is 14.7. The van der Waals surface area contributed by atoms with Crippen molar-refractivity contribution in [2.45, 2.75) is 40.2 Å². The van der Waals surface area contributed by atoms with Crippen LogP contribution in [-0.4, -0.2) is 29.4 Å². The number of rotatable bonds is 6. The number of hydrogen-bond donors (Lipinski definition) is 1. The lowest BCUT2D eigenvalue weighted by molar-refractivity contribution is -0.123. The second-order valence-corrected chi connectivity index (χ2v) is 8.52. The summed E-state index contributed by atoms with van der Waals surface area (Å²) in [7, 11) is 0. The van der Waals surface area contributed by atoms with Gasteiger partial charge in [0.25, 0.3) is 5.91 Å². The first-order chi connectivity index (χ1) is 14.7. The molecule has 162 valence electrons.